The minimum absolute atomic E-state index is 0.107. The molecule has 0 aliphatic carbocycles. The highest BCUT2D eigenvalue weighted by Crippen LogP contribution is 2.32. The Morgan fingerprint density at radius 1 is 1.21 bits per heavy atom. The third kappa shape index (κ3) is 3.36. The number of carboxylic acid groups (broad SMARTS) is 1. The molecule has 1 heterocycles. The van der Waals surface area contributed by atoms with E-state index in [1.54, 1.807) is 18.2 Å². The monoisotopic (exact) mass is 345 g/mol. The molecule has 0 bridgehead atoms. The summed E-state index contributed by atoms with van der Waals surface area (Å²) in [5.41, 5.74) is 2.28. The molecule has 2 aromatic rings. The molecule has 1 atom stereocenters. The van der Waals surface area contributed by atoms with E-state index in [-0.39, 0.29) is 13.2 Å². The minimum atomic E-state index is -1.09. The van der Waals surface area contributed by atoms with E-state index in [0.717, 1.165) is 11.1 Å². The van der Waals surface area contributed by atoms with Crippen LogP contribution in [0.2, 0.25) is 5.02 Å². The van der Waals surface area contributed by atoms with Crippen molar-refractivity contribution in [1.82, 2.24) is 4.90 Å². The highest BCUT2D eigenvalue weighted by atomic mass is 35.5. The van der Waals surface area contributed by atoms with E-state index < -0.39 is 18.1 Å². The molecule has 1 N–H and O–H groups in total. The standard InChI is InChI=1S/C18H16ClNO4/c19-14-6-7-15-13(10-14)8-9-20(16(15)17(21)22)18(23)24-11-12-4-2-1-3-5-12/h1-7,10,16H,8-9,11H2,(H,21,22). The van der Waals surface area contributed by atoms with Crippen LogP contribution in [-0.4, -0.2) is 28.6 Å². The van der Waals surface area contributed by atoms with Gasteiger partial charge in [-0.05, 0) is 35.2 Å². The van der Waals surface area contributed by atoms with Gasteiger partial charge in [-0.2, -0.15) is 0 Å². The van der Waals surface area contributed by atoms with Gasteiger partial charge in [-0.3, -0.25) is 4.90 Å². The topological polar surface area (TPSA) is 66.8 Å². The van der Waals surface area contributed by atoms with Crippen molar-refractivity contribution in [2.45, 2.75) is 19.1 Å². The first kappa shape index (κ1) is 16.3. The first-order valence-corrected chi connectivity index (χ1v) is 7.92. The Balaban J connectivity index is 1.78. The molecular weight excluding hydrogens is 330 g/mol. The van der Waals surface area contributed by atoms with Gasteiger partial charge < -0.3 is 9.84 Å². The molecule has 5 nitrogen and oxygen atoms in total. The number of carbonyl (C=O) groups excluding carboxylic acids is 1. The average molecular weight is 346 g/mol. The van der Waals surface area contributed by atoms with Gasteiger partial charge in [0.15, 0.2) is 6.04 Å². The minimum Gasteiger partial charge on any atom is -0.479 e. The second kappa shape index (κ2) is 6.93. The lowest BCUT2D eigenvalue weighted by Gasteiger charge is -2.34. The maximum Gasteiger partial charge on any atom is 0.411 e. The number of hydrogen-bond acceptors (Lipinski definition) is 3. The van der Waals surface area contributed by atoms with Crippen molar-refractivity contribution in [3.63, 3.8) is 0 Å². The Kier molecular flexibility index (Phi) is 4.71. The number of ether oxygens (including phenoxy) is 1. The van der Waals surface area contributed by atoms with Gasteiger partial charge in [0, 0.05) is 11.6 Å². The highest BCUT2D eigenvalue weighted by molar-refractivity contribution is 6.30. The van der Waals surface area contributed by atoms with Crippen LogP contribution in [0.1, 0.15) is 22.7 Å². The maximum absolute atomic E-state index is 12.4. The number of nitrogens with zero attached hydrogens (tertiary/aromatic N) is 1. The molecule has 0 spiro atoms. The van der Waals surface area contributed by atoms with Gasteiger partial charge >= 0.3 is 12.1 Å². The van der Waals surface area contributed by atoms with E-state index >= 15 is 0 Å². The van der Waals surface area contributed by atoms with Crippen molar-refractivity contribution in [2.24, 2.45) is 0 Å². The number of carbonyl (C=O) groups is 2. The lowest BCUT2D eigenvalue weighted by atomic mass is 9.93. The molecular formula is C18H16ClNO4. The summed E-state index contributed by atoms with van der Waals surface area (Å²) in [5, 5.41) is 10.1. The van der Waals surface area contributed by atoms with Crippen molar-refractivity contribution >= 4 is 23.7 Å². The molecule has 0 radical (unpaired) electrons. The Labute approximate surface area is 144 Å². The summed E-state index contributed by atoms with van der Waals surface area (Å²) < 4.78 is 5.28. The molecule has 2 aromatic carbocycles. The highest BCUT2D eigenvalue weighted by Gasteiger charge is 2.36. The quantitative estimate of drug-likeness (QED) is 0.921. The largest absolute Gasteiger partial charge is 0.479 e. The van der Waals surface area contributed by atoms with Gasteiger partial charge in [-0.25, -0.2) is 9.59 Å². The third-order valence-electron chi connectivity index (χ3n) is 4.01. The van der Waals surface area contributed by atoms with Crippen LogP contribution in [0.15, 0.2) is 48.5 Å². The molecule has 24 heavy (non-hydrogen) atoms. The number of benzene rings is 2. The van der Waals surface area contributed by atoms with Gasteiger partial charge in [0.25, 0.3) is 0 Å². The fraction of sp³-hybridized carbons (Fsp3) is 0.222. The number of hydrogen-bond donors (Lipinski definition) is 1. The number of halogens is 1. The molecule has 0 saturated heterocycles. The summed E-state index contributed by atoms with van der Waals surface area (Å²) in [7, 11) is 0. The molecule has 124 valence electrons. The van der Waals surface area contributed by atoms with Crippen LogP contribution in [0, 0.1) is 0 Å². The summed E-state index contributed by atoms with van der Waals surface area (Å²) in [6.07, 6.45) is -0.0908. The van der Waals surface area contributed by atoms with Crippen LogP contribution < -0.4 is 0 Å². The van der Waals surface area contributed by atoms with Crippen molar-refractivity contribution in [2.75, 3.05) is 6.54 Å². The Morgan fingerprint density at radius 3 is 2.67 bits per heavy atom. The van der Waals surface area contributed by atoms with Crippen LogP contribution in [0.25, 0.3) is 0 Å². The Bertz CT molecular complexity index is 763. The fourth-order valence-electron chi connectivity index (χ4n) is 2.86. The van der Waals surface area contributed by atoms with Crippen molar-refractivity contribution in [3.8, 4) is 0 Å². The molecule has 0 fully saturated rings. The molecule has 1 aliphatic heterocycles. The van der Waals surface area contributed by atoms with E-state index in [0.29, 0.717) is 17.0 Å². The first-order valence-electron chi connectivity index (χ1n) is 7.54. The smallest absolute Gasteiger partial charge is 0.411 e. The zero-order valence-electron chi connectivity index (χ0n) is 12.8. The lowest BCUT2D eigenvalue weighted by molar-refractivity contribution is -0.143. The maximum atomic E-state index is 12.4. The van der Waals surface area contributed by atoms with Gasteiger partial charge in [0.1, 0.15) is 6.61 Å². The Hall–Kier alpha value is -2.53. The van der Waals surface area contributed by atoms with Gasteiger partial charge in [0.2, 0.25) is 0 Å². The molecule has 1 aliphatic rings. The molecule has 1 amide bonds. The van der Waals surface area contributed by atoms with E-state index in [4.69, 9.17) is 16.3 Å². The zero-order valence-corrected chi connectivity index (χ0v) is 13.6. The van der Waals surface area contributed by atoms with Crippen molar-refractivity contribution in [1.29, 1.82) is 0 Å². The summed E-state index contributed by atoms with van der Waals surface area (Å²) in [5.74, 6) is -1.09. The molecule has 6 heteroatoms. The zero-order chi connectivity index (χ0) is 17.1. The van der Waals surface area contributed by atoms with E-state index in [1.165, 1.54) is 4.90 Å². The predicted molar refractivity (Wildman–Crippen MR) is 88.9 cm³/mol. The number of fused-ring (bicyclic) bond motifs is 1. The number of rotatable bonds is 3. The van der Waals surface area contributed by atoms with E-state index in [9.17, 15) is 14.7 Å². The second-order valence-corrected chi connectivity index (χ2v) is 6.00. The van der Waals surface area contributed by atoms with Crippen LogP contribution in [0.3, 0.4) is 0 Å². The summed E-state index contributed by atoms with van der Waals surface area (Å²) in [6, 6.07) is 13.2. The summed E-state index contributed by atoms with van der Waals surface area (Å²) in [6.45, 7) is 0.383. The van der Waals surface area contributed by atoms with Gasteiger partial charge in [-0.15, -0.1) is 0 Å². The fourth-order valence-corrected chi connectivity index (χ4v) is 3.06. The SMILES string of the molecule is O=C(O)C1c2ccc(Cl)cc2CCN1C(=O)OCc1ccccc1. The number of carboxylic acids is 1. The van der Waals surface area contributed by atoms with Gasteiger partial charge in [0.05, 0.1) is 0 Å². The van der Waals surface area contributed by atoms with Gasteiger partial charge in [-0.1, -0.05) is 48.0 Å². The second-order valence-electron chi connectivity index (χ2n) is 5.57. The molecule has 3 rings (SSSR count). The normalized spacial score (nSPS) is 16.4. The van der Waals surface area contributed by atoms with E-state index in [1.807, 2.05) is 30.3 Å². The Morgan fingerprint density at radius 2 is 1.96 bits per heavy atom. The molecule has 0 aromatic heterocycles. The number of amides is 1. The number of aliphatic carboxylic acids is 1. The molecule has 1 unspecified atom stereocenters. The third-order valence-corrected chi connectivity index (χ3v) is 4.24. The van der Waals surface area contributed by atoms with Crippen LogP contribution in [-0.2, 0) is 22.6 Å². The predicted octanol–water partition coefficient (Wildman–Crippen LogP) is 3.66. The lowest BCUT2D eigenvalue weighted by Crippen LogP contribution is -2.43. The summed E-state index contributed by atoms with van der Waals surface area (Å²) >= 11 is 5.97. The van der Waals surface area contributed by atoms with Crippen molar-refractivity contribution in [3.05, 3.63) is 70.2 Å². The van der Waals surface area contributed by atoms with Crippen LogP contribution >= 0.6 is 11.6 Å². The van der Waals surface area contributed by atoms with Crippen LogP contribution in [0.4, 0.5) is 4.79 Å². The van der Waals surface area contributed by atoms with Crippen LogP contribution in [0.5, 0.6) is 0 Å². The van der Waals surface area contributed by atoms with E-state index in [2.05, 4.69) is 0 Å². The average Bonchev–Trinajstić information content (AvgIpc) is 2.59. The first-order chi connectivity index (χ1) is 11.6. The summed E-state index contributed by atoms with van der Waals surface area (Å²) in [4.78, 5) is 25.3. The molecule has 0 saturated carbocycles. The van der Waals surface area contributed by atoms with Crippen molar-refractivity contribution < 1.29 is 19.4 Å².